The molecule has 1 N–H and O–H groups in total. The summed E-state index contributed by atoms with van der Waals surface area (Å²) in [6.45, 7) is 5.12. The first-order valence-corrected chi connectivity index (χ1v) is 9.44. The molecule has 0 aliphatic carbocycles. The summed E-state index contributed by atoms with van der Waals surface area (Å²) < 4.78 is 17.1. The molecule has 1 amide bonds. The van der Waals surface area contributed by atoms with Crippen LogP contribution in [0.5, 0.6) is 17.2 Å². The third kappa shape index (κ3) is 5.99. The number of halogens is 1. The van der Waals surface area contributed by atoms with E-state index in [0.717, 1.165) is 22.2 Å². The number of hydrogen-bond acceptors (Lipinski definition) is 5. The fraction of sp³-hybridized carbons (Fsp3) is 0.300. The Labute approximate surface area is 167 Å². The number of nitrogens with zero attached hydrogens (tertiary/aromatic N) is 1. The molecule has 0 radical (unpaired) electrons. The number of nitrogens with one attached hydrogen (secondary N) is 1. The molecule has 0 saturated carbocycles. The molecular formula is C20H23BrN2O4. The predicted octanol–water partition coefficient (Wildman–Crippen LogP) is 4.41. The average molecular weight is 435 g/mol. The van der Waals surface area contributed by atoms with Gasteiger partial charge in [-0.15, -0.1) is 0 Å². The number of methoxy groups -OCH3 is 1. The summed E-state index contributed by atoms with van der Waals surface area (Å²) in [5.74, 6) is 1.65. The summed E-state index contributed by atoms with van der Waals surface area (Å²) in [5, 5.41) is 4.01. The Bertz CT molecular complexity index is 791. The van der Waals surface area contributed by atoms with Gasteiger partial charge in [-0.1, -0.05) is 6.92 Å². The van der Waals surface area contributed by atoms with Gasteiger partial charge in [0.05, 0.1) is 31.0 Å². The molecule has 0 unspecified atom stereocenters. The second-order valence-electron chi connectivity index (χ2n) is 5.54. The van der Waals surface area contributed by atoms with Crippen LogP contribution in [0.25, 0.3) is 0 Å². The number of ether oxygens (including phenoxy) is 3. The Morgan fingerprint density at radius 2 is 1.93 bits per heavy atom. The zero-order valence-electron chi connectivity index (χ0n) is 15.6. The first-order chi connectivity index (χ1) is 13.1. The average Bonchev–Trinajstić information content (AvgIpc) is 2.68. The van der Waals surface area contributed by atoms with Crippen molar-refractivity contribution in [3.63, 3.8) is 0 Å². The molecule has 2 aromatic rings. The van der Waals surface area contributed by atoms with Crippen LogP contribution in [0.1, 0.15) is 36.2 Å². The molecule has 0 bridgehead atoms. The minimum Gasteiger partial charge on any atom is -0.494 e. The maximum Gasteiger partial charge on any atom is 0.271 e. The minimum absolute atomic E-state index is 0.301. The predicted molar refractivity (Wildman–Crippen MR) is 109 cm³/mol. The van der Waals surface area contributed by atoms with E-state index in [-0.39, 0.29) is 5.91 Å². The van der Waals surface area contributed by atoms with Crippen molar-refractivity contribution >= 4 is 28.1 Å². The van der Waals surface area contributed by atoms with Gasteiger partial charge in [-0.2, -0.15) is 5.10 Å². The highest BCUT2D eigenvalue weighted by atomic mass is 79.9. The minimum atomic E-state index is -0.301. The van der Waals surface area contributed by atoms with Crippen LogP contribution in [0.4, 0.5) is 0 Å². The zero-order valence-corrected chi connectivity index (χ0v) is 17.2. The van der Waals surface area contributed by atoms with Crippen molar-refractivity contribution in [3.8, 4) is 17.2 Å². The molecule has 0 fully saturated rings. The van der Waals surface area contributed by atoms with Gasteiger partial charge in [-0.05, 0) is 71.2 Å². The molecule has 2 aromatic carbocycles. The maximum atomic E-state index is 12.2. The highest BCUT2D eigenvalue weighted by Crippen LogP contribution is 2.36. The third-order valence-electron chi connectivity index (χ3n) is 3.51. The van der Waals surface area contributed by atoms with Gasteiger partial charge in [0.1, 0.15) is 5.75 Å². The van der Waals surface area contributed by atoms with Crippen molar-refractivity contribution in [1.29, 1.82) is 0 Å². The summed E-state index contributed by atoms with van der Waals surface area (Å²) in [6, 6.07) is 10.6. The van der Waals surface area contributed by atoms with Gasteiger partial charge in [-0.25, -0.2) is 5.43 Å². The topological polar surface area (TPSA) is 69.2 Å². The van der Waals surface area contributed by atoms with E-state index in [1.807, 2.05) is 19.9 Å². The van der Waals surface area contributed by atoms with Gasteiger partial charge in [-0.3, -0.25) is 4.79 Å². The van der Waals surface area contributed by atoms with E-state index in [1.54, 1.807) is 43.7 Å². The van der Waals surface area contributed by atoms with Crippen molar-refractivity contribution in [2.24, 2.45) is 5.10 Å². The van der Waals surface area contributed by atoms with Crippen molar-refractivity contribution in [2.75, 3.05) is 20.3 Å². The lowest BCUT2D eigenvalue weighted by Crippen LogP contribution is -2.17. The van der Waals surface area contributed by atoms with Gasteiger partial charge in [0.2, 0.25) is 0 Å². The van der Waals surface area contributed by atoms with Crippen molar-refractivity contribution < 1.29 is 19.0 Å². The normalized spacial score (nSPS) is 10.7. The summed E-state index contributed by atoms with van der Waals surface area (Å²) in [6.07, 6.45) is 2.48. The van der Waals surface area contributed by atoms with Gasteiger partial charge in [0.25, 0.3) is 5.91 Å². The Morgan fingerprint density at radius 3 is 2.56 bits per heavy atom. The zero-order chi connectivity index (χ0) is 19.6. The van der Waals surface area contributed by atoms with Crippen LogP contribution < -0.4 is 19.6 Å². The quantitative estimate of drug-likeness (QED) is 0.468. The van der Waals surface area contributed by atoms with Crippen LogP contribution in [-0.2, 0) is 0 Å². The maximum absolute atomic E-state index is 12.2. The Kier molecular flexibility index (Phi) is 8.13. The van der Waals surface area contributed by atoms with E-state index >= 15 is 0 Å². The van der Waals surface area contributed by atoms with E-state index in [4.69, 9.17) is 14.2 Å². The van der Waals surface area contributed by atoms with E-state index in [1.165, 1.54) is 0 Å². The van der Waals surface area contributed by atoms with Crippen LogP contribution in [0, 0.1) is 0 Å². The van der Waals surface area contributed by atoms with Crippen LogP contribution in [-0.4, -0.2) is 32.4 Å². The smallest absolute Gasteiger partial charge is 0.271 e. The van der Waals surface area contributed by atoms with Crippen molar-refractivity contribution in [2.45, 2.75) is 20.3 Å². The van der Waals surface area contributed by atoms with Crippen LogP contribution in [0.15, 0.2) is 46.0 Å². The summed E-state index contributed by atoms with van der Waals surface area (Å²) in [4.78, 5) is 12.2. The fourth-order valence-electron chi connectivity index (χ4n) is 2.25. The number of carbonyl (C=O) groups is 1. The lowest BCUT2D eigenvalue weighted by Gasteiger charge is -2.11. The Balaban J connectivity index is 2.02. The number of hydrazone groups is 1. The van der Waals surface area contributed by atoms with Crippen molar-refractivity contribution in [1.82, 2.24) is 5.43 Å². The first-order valence-electron chi connectivity index (χ1n) is 8.65. The number of hydrogen-bond donors (Lipinski definition) is 1. The molecule has 0 heterocycles. The molecule has 0 spiro atoms. The van der Waals surface area contributed by atoms with E-state index in [0.29, 0.717) is 30.3 Å². The molecule has 0 aliphatic heterocycles. The highest BCUT2D eigenvalue weighted by molar-refractivity contribution is 9.10. The van der Waals surface area contributed by atoms with Crippen LogP contribution in [0.3, 0.4) is 0 Å². The van der Waals surface area contributed by atoms with Gasteiger partial charge in [0.15, 0.2) is 11.5 Å². The first kappa shape index (κ1) is 20.8. The summed E-state index contributed by atoms with van der Waals surface area (Å²) >= 11 is 3.46. The van der Waals surface area contributed by atoms with E-state index < -0.39 is 0 Å². The lowest BCUT2D eigenvalue weighted by atomic mass is 10.2. The molecule has 144 valence electrons. The highest BCUT2D eigenvalue weighted by Gasteiger charge is 2.10. The van der Waals surface area contributed by atoms with Crippen molar-refractivity contribution in [3.05, 3.63) is 52.0 Å². The molecule has 7 heteroatoms. The van der Waals surface area contributed by atoms with E-state index in [2.05, 4.69) is 26.5 Å². The van der Waals surface area contributed by atoms with Gasteiger partial charge in [0, 0.05) is 5.56 Å². The molecule has 0 aliphatic rings. The molecule has 27 heavy (non-hydrogen) atoms. The fourth-order valence-corrected chi connectivity index (χ4v) is 2.83. The number of amides is 1. The lowest BCUT2D eigenvalue weighted by molar-refractivity contribution is 0.0955. The molecule has 6 nitrogen and oxygen atoms in total. The van der Waals surface area contributed by atoms with E-state index in [9.17, 15) is 4.79 Å². The van der Waals surface area contributed by atoms with Gasteiger partial charge >= 0.3 is 0 Å². The second kappa shape index (κ2) is 10.6. The summed E-state index contributed by atoms with van der Waals surface area (Å²) in [7, 11) is 1.57. The summed E-state index contributed by atoms with van der Waals surface area (Å²) in [5.41, 5.74) is 3.77. The third-order valence-corrected chi connectivity index (χ3v) is 4.10. The monoisotopic (exact) mass is 434 g/mol. The van der Waals surface area contributed by atoms with Gasteiger partial charge < -0.3 is 14.2 Å². The second-order valence-corrected chi connectivity index (χ2v) is 6.39. The van der Waals surface area contributed by atoms with Crippen LogP contribution in [0.2, 0.25) is 0 Å². The molecule has 0 saturated heterocycles. The number of benzene rings is 2. The van der Waals surface area contributed by atoms with Crippen LogP contribution >= 0.6 is 15.9 Å². The number of rotatable bonds is 9. The largest absolute Gasteiger partial charge is 0.494 e. The molecule has 2 rings (SSSR count). The molecule has 0 atom stereocenters. The Hall–Kier alpha value is -2.54. The number of carbonyl (C=O) groups excluding carboxylic acids is 1. The molecular weight excluding hydrogens is 412 g/mol. The SMILES string of the molecule is CCCOc1ccc(C(=O)N/N=C/c2cc(Br)c(OCC)c(OC)c2)cc1. The molecule has 0 aromatic heterocycles. The standard InChI is InChI=1S/C20H23BrN2O4/c1-4-10-27-16-8-6-15(7-9-16)20(24)23-22-13-14-11-17(21)19(26-5-2)18(12-14)25-3/h6-9,11-13H,4-5,10H2,1-3H3,(H,23,24)/b22-13+. The Morgan fingerprint density at radius 1 is 1.19 bits per heavy atom.